The molecule has 7 nitrogen and oxygen atoms in total. The molecule has 2 aliphatic rings. The van der Waals surface area contributed by atoms with Crippen LogP contribution in [-0.2, 0) is 4.79 Å². The molecule has 4 rings (SSSR count). The van der Waals surface area contributed by atoms with Gasteiger partial charge in [-0.05, 0) is 37.5 Å². The molecule has 0 radical (unpaired) electrons. The van der Waals surface area contributed by atoms with Crippen LogP contribution < -0.4 is 5.76 Å². The van der Waals surface area contributed by atoms with Crippen molar-refractivity contribution in [1.29, 1.82) is 0 Å². The van der Waals surface area contributed by atoms with Crippen LogP contribution in [-0.4, -0.2) is 52.8 Å². The van der Waals surface area contributed by atoms with Gasteiger partial charge in [0.05, 0.1) is 5.52 Å². The molecule has 1 aliphatic carbocycles. The van der Waals surface area contributed by atoms with Crippen LogP contribution in [0.1, 0.15) is 36.0 Å². The van der Waals surface area contributed by atoms with Crippen molar-refractivity contribution in [1.82, 2.24) is 14.8 Å². The molecule has 2 aromatic rings. The number of aromatic amines is 1. The van der Waals surface area contributed by atoms with Gasteiger partial charge in [-0.2, -0.15) is 0 Å². The fraction of sp³-hybridized carbons (Fsp3) is 0.500. The van der Waals surface area contributed by atoms with Gasteiger partial charge in [0.1, 0.15) is 0 Å². The number of oxazole rings is 1. The fourth-order valence-electron chi connectivity index (χ4n) is 3.52. The van der Waals surface area contributed by atoms with E-state index in [1.807, 2.05) is 4.90 Å². The summed E-state index contributed by atoms with van der Waals surface area (Å²) in [5.41, 5.74) is 1.45. The number of rotatable bonds is 2. The lowest BCUT2D eigenvalue weighted by Crippen LogP contribution is -2.41. The number of hydrogen-bond donors (Lipinski definition) is 1. The molecule has 132 valence electrons. The molecular weight excluding hydrogens is 322 g/mol. The molecule has 0 unspecified atom stereocenters. The minimum Gasteiger partial charge on any atom is -0.408 e. The second kappa shape index (κ2) is 6.38. The van der Waals surface area contributed by atoms with Gasteiger partial charge in [0, 0.05) is 37.7 Å². The predicted molar refractivity (Wildman–Crippen MR) is 91.3 cm³/mol. The highest BCUT2D eigenvalue weighted by molar-refractivity contribution is 5.97. The second-order valence-electron chi connectivity index (χ2n) is 6.82. The first-order chi connectivity index (χ1) is 12.1. The van der Waals surface area contributed by atoms with Crippen molar-refractivity contribution in [3.05, 3.63) is 34.3 Å². The number of aromatic nitrogens is 1. The minimum atomic E-state index is -0.528. The number of H-pyrrole nitrogens is 1. The summed E-state index contributed by atoms with van der Waals surface area (Å²) in [6.07, 6.45) is 3.93. The number of carbonyl (C=O) groups is 2. The van der Waals surface area contributed by atoms with Crippen molar-refractivity contribution in [2.45, 2.75) is 25.7 Å². The summed E-state index contributed by atoms with van der Waals surface area (Å²) >= 11 is 0. The quantitative estimate of drug-likeness (QED) is 0.897. The molecule has 0 spiro atoms. The van der Waals surface area contributed by atoms with Gasteiger partial charge in [-0.25, -0.2) is 4.79 Å². The molecule has 1 aromatic heterocycles. The van der Waals surface area contributed by atoms with Gasteiger partial charge >= 0.3 is 5.76 Å². The Labute approximate surface area is 144 Å². The number of amides is 2. The first kappa shape index (κ1) is 15.9. The second-order valence-corrected chi connectivity index (χ2v) is 6.82. The SMILES string of the molecule is O=C(c1ccc2[nH]c(=O)oc2c1)N1CCCN(C(=O)C2CCC2)CC1. The lowest BCUT2D eigenvalue weighted by atomic mass is 9.84. The number of hydrogen-bond acceptors (Lipinski definition) is 4. The highest BCUT2D eigenvalue weighted by atomic mass is 16.4. The Balaban J connectivity index is 1.46. The largest absolute Gasteiger partial charge is 0.417 e. The lowest BCUT2D eigenvalue weighted by Gasteiger charge is -2.31. The molecule has 2 amide bonds. The van der Waals surface area contributed by atoms with E-state index in [9.17, 15) is 14.4 Å². The number of benzene rings is 1. The molecule has 7 heteroatoms. The first-order valence-electron chi connectivity index (χ1n) is 8.83. The molecule has 1 saturated heterocycles. The molecule has 2 heterocycles. The zero-order chi connectivity index (χ0) is 17.4. The van der Waals surface area contributed by atoms with Crippen LogP contribution in [0.5, 0.6) is 0 Å². The van der Waals surface area contributed by atoms with E-state index < -0.39 is 5.76 Å². The van der Waals surface area contributed by atoms with Gasteiger partial charge in [0.25, 0.3) is 5.91 Å². The normalized spacial score (nSPS) is 18.9. The van der Waals surface area contributed by atoms with E-state index in [0.717, 1.165) is 25.7 Å². The Morgan fingerprint density at radius 2 is 1.80 bits per heavy atom. The summed E-state index contributed by atoms with van der Waals surface area (Å²) in [6, 6.07) is 4.97. The average molecular weight is 343 g/mol. The van der Waals surface area contributed by atoms with Gasteiger partial charge in [-0.15, -0.1) is 0 Å². The van der Waals surface area contributed by atoms with E-state index in [2.05, 4.69) is 4.98 Å². The summed E-state index contributed by atoms with van der Waals surface area (Å²) < 4.78 is 5.03. The van der Waals surface area contributed by atoms with E-state index in [1.165, 1.54) is 0 Å². The zero-order valence-electron chi connectivity index (χ0n) is 14.0. The van der Waals surface area contributed by atoms with Crippen LogP contribution in [0.25, 0.3) is 11.1 Å². The van der Waals surface area contributed by atoms with Gasteiger partial charge in [0.15, 0.2) is 5.58 Å². The van der Waals surface area contributed by atoms with Crippen LogP contribution in [0.2, 0.25) is 0 Å². The van der Waals surface area contributed by atoms with Crippen LogP contribution in [0, 0.1) is 5.92 Å². The summed E-state index contributed by atoms with van der Waals surface area (Å²) in [4.78, 5) is 42.7. The third kappa shape index (κ3) is 3.06. The Morgan fingerprint density at radius 1 is 1.04 bits per heavy atom. The van der Waals surface area contributed by atoms with Crippen molar-refractivity contribution in [3.8, 4) is 0 Å². The van der Waals surface area contributed by atoms with Crippen molar-refractivity contribution in [2.24, 2.45) is 5.92 Å². The fourth-order valence-corrected chi connectivity index (χ4v) is 3.52. The molecule has 1 aliphatic heterocycles. The summed E-state index contributed by atoms with van der Waals surface area (Å²) in [5.74, 6) is -0.180. The zero-order valence-corrected chi connectivity index (χ0v) is 14.0. The Kier molecular flexibility index (Phi) is 4.07. The van der Waals surface area contributed by atoms with Crippen LogP contribution >= 0.6 is 0 Å². The number of carbonyl (C=O) groups excluding carboxylic acids is 2. The van der Waals surface area contributed by atoms with Crippen molar-refractivity contribution in [3.63, 3.8) is 0 Å². The summed E-state index contributed by atoms with van der Waals surface area (Å²) in [7, 11) is 0. The maximum atomic E-state index is 12.8. The highest BCUT2D eigenvalue weighted by Gasteiger charge is 2.31. The molecule has 1 N–H and O–H groups in total. The van der Waals surface area contributed by atoms with Gasteiger partial charge in [0.2, 0.25) is 5.91 Å². The van der Waals surface area contributed by atoms with E-state index in [0.29, 0.717) is 42.8 Å². The summed E-state index contributed by atoms with van der Waals surface area (Å²) in [5, 5.41) is 0. The van der Waals surface area contributed by atoms with Crippen molar-refractivity contribution >= 4 is 22.9 Å². The van der Waals surface area contributed by atoms with Crippen LogP contribution in [0.15, 0.2) is 27.4 Å². The van der Waals surface area contributed by atoms with Crippen LogP contribution in [0.4, 0.5) is 0 Å². The number of nitrogens with one attached hydrogen (secondary N) is 1. The van der Waals surface area contributed by atoms with Crippen molar-refractivity contribution < 1.29 is 14.0 Å². The van der Waals surface area contributed by atoms with Crippen LogP contribution in [0.3, 0.4) is 0 Å². The van der Waals surface area contributed by atoms with E-state index >= 15 is 0 Å². The third-order valence-electron chi connectivity index (χ3n) is 5.22. The Bertz CT molecular complexity index is 865. The molecule has 1 saturated carbocycles. The minimum absolute atomic E-state index is 0.0938. The smallest absolute Gasteiger partial charge is 0.408 e. The van der Waals surface area contributed by atoms with E-state index in [-0.39, 0.29) is 17.7 Å². The topological polar surface area (TPSA) is 86.6 Å². The number of nitrogens with zero attached hydrogens (tertiary/aromatic N) is 2. The lowest BCUT2D eigenvalue weighted by molar-refractivity contribution is -0.138. The first-order valence-corrected chi connectivity index (χ1v) is 8.83. The number of fused-ring (bicyclic) bond motifs is 1. The highest BCUT2D eigenvalue weighted by Crippen LogP contribution is 2.28. The molecule has 25 heavy (non-hydrogen) atoms. The predicted octanol–water partition coefficient (Wildman–Crippen LogP) is 1.60. The molecule has 0 bridgehead atoms. The van der Waals surface area contributed by atoms with E-state index in [1.54, 1.807) is 23.1 Å². The molecule has 2 fully saturated rings. The standard InChI is InChI=1S/C18H21N3O4/c22-16(12-3-1-4-12)20-7-2-8-21(10-9-20)17(23)13-5-6-14-15(11-13)25-18(24)19-14/h5-6,11-12H,1-4,7-10H2,(H,19,24). The molecule has 1 aromatic carbocycles. The maximum Gasteiger partial charge on any atom is 0.417 e. The molecular formula is C18H21N3O4. The Hall–Kier alpha value is -2.57. The monoisotopic (exact) mass is 343 g/mol. The summed E-state index contributed by atoms with van der Waals surface area (Å²) in [6.45, 7) is 2.46. The molecule has 0 atom stereocenters. The van der Waals surface area contributed by atoms with Crippen molar-refractivity contribution in [2.75, 3.05) is 26.2 Å². The van der Waals surface area contributed by atoms with Gasteiger partial charge < -0.3 is 14.2 Å². The maximum absolute atomic E-state index is 12.8. The van der Waals surface area contributed by atoms with E-state index in [4.69, 9.17) is 4.42 Å². The Morgan fingerprint density at radius 3 is 2.56 bits per heavy atom. The van der Waals surface area contributed by atoms with Gasteiger partial charge in [-0.1, -0.05) is 6.42 Å². The van der Waals surface area contributed by atoms with Gasteiger partial charge in [-0.3, -0.25) is 14.6 Å². The third-order valence-corrected chi connectivity index (χ3v) is 5.22. The average Bonchev–Trinajstić information content (AvgIpc) is 2.76.